The molecule has 0 saturated heterocycles. The number of hydrogen-bond acceptors (Lipinski definition) is 3. The van der Waals surface area contributed by atoms with Gasteiger partial charge in [0.2, 0.25) is 0 Å². The predicted octanol–water partition coefficient (Wildman–Crippen LogP) is 2.42. The molecule has 0 aliphatic heterocycles. The minimum Gasteiger partial charge on any atom is -0.489 e. The summed E-state index contributed by atoms with van der Waals surface area (Å²) >= 11 is 6.14. The van der Waals surface area contributed by atoms with Crippen LogP contribution in [0.1, 0.15) is 16.8 Å². The van der Waals surface area contributed by atoms with Crippen molar-refractivity contribution in [3.05, 3.63) is 46.2 Å². The van der Waals surface area contributed by atoms with Crippen molar-refractivity contribution in [1.82, 2.24) is 9.78 Å². The Bertz CT molecular complexity index is 551. The lowest BCUT2D eigenvalue weighted by Gasteiger charge is -2.07. The second-order valence-corrected chi connectivity index (χ2v) is 4.48. The van der Waals surface area contributed by atoms with Gasteiger partial charge in [-0.25, -0.2) is 0 Å². The van der Waals surface area contributed by atoms with Crippen LogP contribution < -0.4 is 10.5 Å². The summed E-state index contributed by atoms with van der Waals surface area (Å²) < 4.78 is 7.36. The number of halogens is 1. The molecule has 0 unspecified atom stereocenters. The highest BCUT2D eigenvalue weighted by molar-refractivity contribution is 6.30. The average Bonchev–Trinajstić information content (AvgIpc) is 2.61. The minimum absolute atomic E-state index is 0.409. The van der Waals surface area contributed by atoms with Crippen LogP contribution in [0.4, 0.5) is 0 Å². The number of nitrogens with zero attached hydrogens (tertiary/aromatic N) is 2. The van der Waals surface area contributed by atoms with Crippen LogP contribution in [0.2, 0.25) is 5.15 Å². The summed E-state index contributed by atoms with van der Waals surface area (Å²) in [5.74, 6) is 0.789. The Labute approximate surface area is 111 Å². The number of hydrogen-bond donors (Lipinski definition) is 1. The number of benzene rings is 1. The normalized spacial score (nSPS) is 10.7. The predicted molar refractivity (Wildman–Crippen MR) is 71.6 cm³/mol. The zero-order valence-corrected chi connectivity index (χ0v) is 11.2. The van der Waals surface area contributed by atoms with Crippen molar-refractivity contribution in [2.24, 2.45) is 12.8 Å². The number of nitrogens with two attached hydrogens (primary N) is 1. The molecule has 18 heavy (non-hydrogen) atoms. The van der Waals surface area contributed by atoms with Gasteiger partial charge < -0.3 is 10.5 Å². The summed E-state index contributed by atoms with van der Waals surface area (Å²) in [5.41, 5.74) is 8.43. The van der Waals surface area contributed by atoms with Gasteiger partial charge in [0.15, 0.2) is 0 Å². The monoisotopic (exact) mass is 265 g/mol. The summed E-state index contributed by atoms with van der Waals surface area (Å²) in [7, 11) is 1.81. The molecule has 0 atom stereocenters. The quantitative estimate of drug-likeness (QED) is 0.924. The smallest absolute Gasteiger partial charge is 0.133 e. The molecule has 96 valence electrons. The first kappa shape index (κ1) is 12.9. The third-order valence-electron chi connectivity index (χ3n) is 2.79. The van der Waals surface area contributed by atoms with E-state index in [4.69, 9.17) is 22.1 Å². The van der Waals surface area contributed by atoms with Gasteiger partial charge in [0.25, 0.3) is 0 Å². The highest BCUT2D eigenvalue weighted by Crippen LogP contribution is 2.21. The van der Waals surface area contributed by atoms with E-state index in [2.05, 4.69) is 5.10 Å². The molecular formula is C13H16ClN3O. The van der Waals surface area contributed by atoms with Crippen LogP contribution in [0, 0.1) is 6.92 Å². The molecule has 0 aliphatic rings. The summed E-state index contributed by atoms with van der Waals surface area (Å²) in [5, 5.41) is 4.85. The van der Waals surface area contributed by atoms with Crippen LogP contribution in [0.15, 0.2) is 24.3 Å². The van der Waals surface area contributed by atoms with Crippen molar-refractivity contribution in [2.75, 3.05) is 0 Å². The van der Waals surface area contributed by atoms with Crippen LogP contribution in [0.25, 0.3) is 0 Å². The zero-order chi connectivity index (χ0) is 13.1. The molecule has 5 heteroatoms. The molecule has 0 saturated carbocycles. The first-order valence-corrected chi connectivity index (χ1v) is 6.09. The Hall–Kier alpha value is -1.52. The van der Waals surface area contributed by atoms with E-state index in [9.17, 15) is 0 Å². The Kier molecular flexibility index (Phi) is 3.89. The maximum atomic E-state index is 6.14. The Morgan fingerprint density at radius 2 is 2.22 bits per heavy atom. The van der Waals surface area contributed by atoms with E-state index >= 15 is 0 Å². The standard InChI is InChI=1S/C13H16ClN3O/c1-9-12(13(14)17(2)16-9)8-18-11-5-3-4-10(6-11)7-15/h3-6H,7-8,15H2,1-2H3. The lowest BCUT2D eigenvalue weighted by atomic mass is 10.2. The highest BCUT2D eigenvalue weighted by Gasteiger charge is 2.11. The van der Waals surface area contributed by atoms with Gasteiger partial charge >= 0.3 is 0 Å². The SMILES string of the molecule is Cc1nn(C)c(Cl)c1COc1cccc(CN)c1. The second kappa shape index (κ2) is 5.42. The van der Waals surface area contributed by atoms with Crippen molar-refractivity contribution < 1.29 is 4.74 Å². The third kappa shape index (κ3) is 2.66. The van der Waals surface area contributed by atoms with Gasteiger partial charge in [0, 0.05) is 19.2 Å². The lowest BCUT2D eigenvalue weighted by Crippen LogP contribution is -1.99. The van der Waals surface area contributed by atoms with E-state index in [0.717, 1.165) is 22.6 Å². The average molecular weight is 266 g/mol. The molecule has 0 fully saturated rings. The summed E-state index contributed by atoms with van der Waals surface area (Å²) in [4.78, 5) is 0. The molecule has 2 aromatic rings. The molecule has 2 rings (SSSR count). The summed E-state index contributed by atoms with van der Waals surface area (Å²) in [6.45, 7) is 2.83. The molecule has 1 heterocycles. The van der Waals surface area contributed by atoms with E-state index in [-0.39, 0.29) is 0 Å². The van der Waals surface area contributed by atoms with Crippen LogP contribution in [0.5, 0.6) is 5.75 Å². The maximum absolute atomic E-state index is 6.14. The van der Waals surface area contributed by atoms with E-state index < -0.39 is 0 Å². The van der Waals surface area contributed by atoms with Gasteiger partial charge in [0.05, 0.1) is 5.69 Å². The van der Waals surface area contributed by atoms with Crippen LogP contribution in [0.3, 0.4) is 0 Å². The molecule has 1 aromatic heterocycles. The zero-order valence-electron chi connectivity index (χ0n) is 10.5. The maximum Gasteiger partial charge on any atom is 0.133 e. The van der Waals surface area contributed by atoms with Gasteiger partial charge in [0.1, 0.15) is 17.5 Å². The van der Waals surface area contributed by atoms with E-state index in [1.807, 2.05) is 38.2 Å². The van der Waals surface area contributed by atoms with Crippen LogP contribution >= 0.6 is 11.6 Å². The topological polar surface area (TPSA) is 53.1 Å². The number of rotatable bonds is 4. The molecule has 0 amide bonds. The molecule has 4 nitrogen and oxygen atoms in total. The van der Waals surface area contributed by atoms with Gasteiger partial charge in [-0.3, -0.25) is 4.68 Å². The number of aryl methyl sites for hydroxylation is 2. The van der Waals surface area contributed by atoms with Crippen LogP contribution in [-0.2, 0) is 20.2 Å². The highest BCUT2D eigenvalue weighted by atomic mass is 35.5. The van der Waals surface area contributed by atoms with Crippen molar-refractivity contribution in [3.63, 3.8) is 0 Å². The molecule has 1 aromatic carbocycles. The summed E-state index contributed by atoms with van der Waals surface area (Å²) in [6.07, 6.45) is 0. The van der Waals surface area contributed by atoms with Crippen molar-refractivity contribution in [2.45, 2.75) is 20.1 Å². The largest absolute Gasteiger partial charge is 0.489 e. The molecule has 0 bridgehead atoms. The number of aromatic nitrogens is 2. The first-order chi connectivity index (χ1) is 8.61. The lowest BCUT2D eigenvalue weighted by molar-refractivity contribution is 0.305. The molecule has 0 aliphatic carbocycles. The fourth-order valence-electron chi connectivity index (χ4n) is 1.76. The number of ether oxygens (including phenoxy) is 1. The Morgan fingerprint density at radius 1 is 1.44 bits per heavy atom. The first-order valence-electron chi connectivity index (χ1n) is 5.71. The van der Waals surface area contributed by atoms with E-state index in [1.165, 1.54) is 0 Å². The minimum atomic E-state index is 0.409. The van der Waals surface area contributed by atoms with Gasteiger partial charge in [-0.2, -0.15) is 5.10 Å². The Morgan fingerprint density at radius 3 is 2.83 bits per heavy atom. The second-order valence-electron chi connectivity index (χ2n) is 4.12. The Balaban J connectivity index is 2.11. The van der Waals surface area contributed by atoms with Gasteiger partial charge in [-0.05, 0) is 24.6 Å². The molecule has 0 spiro atoms. The van der Waals surface area contributed by atoms with Crippen LogP contribution in [-0.4, -0.2) is 9.78 Å². The summed E-state index contributed by atoms with van der Waals surface area (Å²) in [6, 6.07) is 7.72. The van der Waals surface area contributed by atoms with Crippen molar-refractivity contribution in [3.8, 4) is 5.75 Å². The van der Waals surface area contributed by atoms with Gasteiger partial charge in [-0.1, -0.05) is 23.7 Å². The van der Waals surface area contributed by atoms with E-state index in [0.29, 0.717) is 18.3 Å². The van der Waals surface area contributed by atoms with Gasteiger partial charge in [-0.15, -0.1) is 0 Å². The molecular weight excluding hydrogens is 250 g/mol. The fraction of sp³-hybridized carbons (Fsp3) is 0.308. The molecule has 0 radical (unpaired) electrons. The van der Waals surface area contributed by atoms with Crippen molar-refractivity contribution >= 4 is 11.6 Å². The fourth-order valence-corrected chi connectivity index (χ4v) is 1.98. The van der Waals surface area contributed by atoms with E-state index in [1.54, 1.807) is 4.68 Å². The van der Waals surface area contributed by atoms with Crippen molar-refractivity contribution in [1.29, 1.82) is 0 Å². The third-order valence-corrected chi connectivity index (χ3v) is 3.26. The molecule has 2 N–H and O–H groups in total.